The van der Waals surface area contributed by atoms with Gasteiger partial charge in [-0.25, -0.2) is 0 Å². The van der Waals surface area contributed by atoms with Crippen LogP contribution in [0.5, 0.6) is 0 Å². The third kappa shape index (κ3) is 4.45. The third-order valence-corrected chi connectivity index (χ3v) is 7.62. The summed E-state index contributed by atoms with van der Waals surface area (Å²) in [7, 11) is 0. The predicted octanol–water partition coefficient (Wildman–Crippen LogP) is 3.37. The molecule has 0 bridgehead atoms. The first-order chi connectivity index (χ1) is 15.2. The smallest absolute Gasteiger partial charge is 0.326 e. The van der Waals surface area contributed by atoms with Gasteiger partial charge in [-0.05, 0) is 44.4 Å². The molecule has 2 aliphatic heterocycles. The predicted molar refractivity (Wildman–Crippen MR) is 123 cm³/mol. The molecule has 0 radical (unpaired) electrons. The standard InChI is InChI=1S/C23H24N2O5S2/c1-23(2,3)30-19(26)12-24-11-18(17-9-6-10-31-17)32-13-16(22(24)29)25-20(27)14-7-4-5-8-15(14)21(25)28/h4-10,16,18H,11-13H2,1-3H3/t16-,18-/m0/s1. The van der Waals surface area contributed by atoms with Crippen molar-refractivity contribution in [2.45, 2.75) is 37.7 Å². The average Bonchev–Trinajstić information content (AvgIpc) is 3.30. The maximum atomic E-state index is 13.6. The van der Waals surface area contributed by atoms with Crippen molar-refractivity contribution in [1.82, 2.24) is 9.80 Å². The zero-order valence-electron chi connectivity index (χ0n) is 18.1. The van der Waals surface area contributed by atoms with Crippen molar-refractivity contribution in [1.29, 1.82) is 0 Å². The van der Waals surface area contributed by atoms with E-state index in [1.54, 1.807) is 56.4 Å². The van der Waals surface area contributed by atoms with Gasteiger partial charge in [-0.3, -0.25) is 24.1 Å². The van der Waals surface area contributed by atoms with Crippen molar-refractivity contribution in [3.63, 3.8) is 0 Å². The van der Waals surface area contributed by atoms with Crippen LogP contribution in [0.3, 0.4) is 0 Å². The van der Waals surface area contributed by atoms with Crippen molar-refractivity contribution in [2.24, 2.45) is 0 Å². The third-order valence-electron chi connectivity index (χ3n) is 5.18. The van der Waals surface area contributed by atoms with E-state index >= 15 is 0 Å². The molecule has 4 rings (SSSR count). The Morgan fingerprint density at radius 2 is 1.72 bits per heavy atom. The number of carbonyl (C=O) groups is 4. The Bertz CT molecular complexity index is 1030. The van der Waals surface area contributed by atoms with Gasteiger partial charge in [0, 0.05) is 17.2 Å². The molecule has 1 fully saturated rings. The van der Waals surface area contributed by atoms with Gasteiger partial charge in [0.15, 0.2) is 0 Å². The number of thiophene rings is 1. The Kier molecular flexibility index (Phi) is 6.13. The van der Waals surface area contributed by atoms with Gasteiger partial charge in [0.1, 0.15) is 18.2 Å². The SMILES string of the molecule is CC(C)(C)OC(=O)CN1C[C@@H](c2cccs2)SC[C@H](N2C(=O)c3ccccc3C2=O)C1=O. The molecule has 168 valence electrons. The van der Waals surface area contributed by atoms with Crippen molar-refractivity contribution >= 4 is 46.8 Å². The summed E-state index contributed by atoms with van der Waals surface area (Å²) >= 11 is 3.09. The van der Waals surface area contributed by atoms with Crippen molar-refractivity contribution in [3.8, 4) is 0 Å². The number of thioether (sulfide) groups is 1. The van der Waals surface area contributed by atoms with Crippen LogP contribution < -0.4 is 0 Å². The van der Waals surface area contributed by atoms with E-state index < -0.39 is 35.3 Å². The number of fused-ring (bicyclic) bond motifs is 1. The molecule has 3 amide bonds. The lowest BCUT2D eigenvalue weighted by atomic mass is 10.1. The zero-order valence-corrected chi connectivity index (χ0v) is 19.7. The van der Waals surface area contributed by atoms with E-state index in [0.717, 1.165) is 9.78 Å². The van der Waals surface area contributed by atoms with E-state index in [1.807, 2.05) is 17.5 Å². The molecule has 1 aromatic heterocycles. The second-order valence-electron chi connectivity index (χ2n) is 8.68. The van der Waals surface area contributed by atoms with Crippen LogP contribution in [0.4, 0.5) is 0 Å². The number of rotatable bonds is 4. The Morgan fingerprint density at radius 3 is 2.28 bits per heavy atom. The van der Waals surface area contributed by atoms with E-state index in [4.69, 9.17) is 4.74 Å². The van der Waals surface area contributed by atoms with Crippen molar-refractivity contribution < 1.29 is 23.9 Å². The Hall–Kier alpha value is -2.65. The average molecular weight is 473 g/mol. The molecule has 9 heteroatoms. The molecule has 1 saturated heterocycles. The van der Waals surface area contributed by atoms with Gasteiger partial charge in [-0.15, -0.1) is 23.1 Å². The number of esters is 1. The fourth-order valence-corrected chi connectivity index (χ4v) is 6.13. The second kappa shape index (κ2) is 8.71. The van der Waals surface area contributed by atoms with Gasteiger partial charge in [0.25, 0.3) is 11.8 Å². The quantitative estimate of drug-likeness (QED) is 0.501. The molecule has 0 spiro atoms. The van der Waals surface area contributed by atoms with E-state index in [-0.39, 0.29) is 17.5 Å². The van der Waals surface area contributed by atoms with Gasteiger partial charge in [0.2, 0.25) is 5.91 Å². The minimum atomic E-state index is -0.986. The number of nitrogens with zero attached hydrogens (tertiary/aromatic N) is 2. The van der Waals surface area contributed by atoms with E-state index in [9.17, 15) is 19.2 Å². The highest BCUT2D eigenvalue weighted by Gasteiger charge is 2.46. The Balaban J connectivity index is 1.63. The van der Waals surface area contributed by atoms with Crippen LogP contribution in [0.1, 0.15) is 51.6 Å². The van der Waals surface area contributed by atoms with E-state index in [0.29, 0.717) is 17.7 Å². The molecular weight excluding hydrogens is 448 g/mol. The number of benzene rings is 1. The molecule has 2 atom stereocenters. The first kappa shape index (κ1) is 22.5. The first-order valence-corrected chi connectivity index (χ1v) is 12.2. The summed E-state index contributed by atoms with van der Waals surface area (Å²) in [6.07, 6.45) is 0. The van der Waals surface area contributed by atoms with Gasteiger partial charge >= 0.3 is 5.97 Å². The number of amides is 3. The number of imide groups is 1. The largest absolute Gasteiger partial charge is 0.459 e. The molecule has 1 aromatic carbocycles. The summed E-state index contributed by atoms with van der Waals surface area (Å²) in [5, 5.41) is 1.89. The summed E-state index contributed by atoms with van der Waals surface area (Å²) in [5.74, 6) is -1.63. The molecular formula is C23H24N2O5S2. The Morgan fingerprint density at radius 1 is 1.06 bits per heavy atom. The summed E-state index contributed by atoms with van der Waals surface area (Å²) in [5.41, 5.74) is -0.0865. The highest BCUT2D eigenvalue weighted by Crippen LogP contribution is 2.38. The monoisotopic (exact) mass is 472 g/mol. The number of hydrogen-bond donors (Lipinski definition) is 0. The summed E-state index contributed by atoms with van der Waals surface area (Å²) in [6, 6.07) is 9.51. The van der Waals surface area contributed by atoms with Crippen LogP contribution >= 0.6 is 23.1 Å². The lowest BCUT2D eigenvalue weighted by Crippen LogP contribution is -2.52. The van der Waals surface area contributed by atoms with Crippen molar-refractivity contribution in [2.75, 3.05) is 18.8 Å². The molecule has 2 aliphatic rings. The summed E-state index contributed by atoms with van der Waals surface area (Å²) < 4.78 is 5.42. The van der Waals surface area contributed by atoms with Gasteiger partial charge in [0.05, 0.1) is 16.4 Å². The fourth-order valence-electron chi connectivity index (χ4n) is 3.83. The molecule has 32 heavy (non-hydrogen) atoms. The Labute approximate surface area is 194 Å². The maximum absolute atomic E-state index is 13.6. The molecule has 7 nitrogen and oxygen atoms in total. The highest BCUT2D eigenvalue weighted by atomic mass is 32.2. The molecule has 0 aliphatic carbocycles. The molecule has 3 heterocycles. The van der Waals surface area contributed by atoms with Crippen LogP contribution in [0.2, 0.25) is 0 Å². The van der Waals surface area contributed by atoms with Crippen LogP contribution in [0.25, 0.3) is 0 Å². The summed E-state index contributed by atoms with van der Waals surface area (Å²) in [6.45, 7) is 5.35. The highest BCUT2D eigenvalue weighted by molar-refractivity contribution is 7.99. The van der Waals surface area contributed by atoms with Crippen LogP contribution in [-0.4, -0.2) is 64.0 Å². The first-order valence-electron chi connectivity index (χ1n) is 10.3. The number of ether oxygens (including phenoxy) is 1. The lowest BCUT2D eigenvalue weighted by Gasteiger charge is -2.29. The number of carbonyl (C=O) groups excluding carboxylic acids is 4. The fraction of sp³-hybridized carbons (Fsp3) is 0.391. The second-order valence-corrected chi connectivity index (χ2v) is 10.9. The maximum Gasteiger partial charge on any atom is 0.326 e. The van der Waals surface area contributed by atoms with E-state index in [2.05, 4.69) is 0 Å². The minimum Gasteiger partial charge on any atom is -0.459 e. The van der Waals surface area contributed by atoms with Crippen LogP contribution in [0.15, 0.2) is 41.8 Å². The zero-order chi connectivity index (χ0) is 23.0. The van der Waals surface area contributed by atoms with E-state index in [1.165, 1.54) is 16.7 Å². The van der Waals surface area contributed by atoms with Gasteiger partial charge in [-0.2, -0.15) is 0 Å². The van der Waals surface area contributed by atoms with Crippen molar-refractivity contribution in [3.05, 3.63) is 57.8 Å². The molecule has 0 unspecified atom stereocenters. The topological polar surface area (TPSA) is 84.0 Å². The normalized spacial score (nSPS) is 21.5. The number of hydrogen-bond acceptors (Lipinski definition) is 7. The van der Waals surface area contributed by atoms with Gasteiger partial charge in [-0.1, -0.05) is 18.2 Å². The molecule has 0 saturated carbocycles. The molecule has 0 N–H and O–H groups in total. The van der Waals surface area contributed by atoms with Crippen LogP contribution in [-0.2, 0) is 14.3 Å². The summed E-state index contributed by atoms with van der Waals surface area (Å²) in [4.78, 5) is 55.7. The van der Waals surface area contributed by atoms with Gasteiger partial charge < -0.3 is 9.64 Å². The molecule has 2 aromatic rings. The minimum absolute atomic E-state index is 0.0680. The lowest BCUT2D eigenvalue weighted by molar-refractivity contribution is -0.159. The van der Waals surface area contributed by atoms with Crippen LogP contribution in [0, 0.1) is 0 Å².